The Bertz CT molecular complexity index is 541. The average molecular weight is 378 g/mol. The van der Waals surface area contributed by atoms with Crippen LogP contribution in [0.5, 0.6) is 0 Å². The monoisotopic (exact) mass is 376 g/mol. The molecular formula is C17H23Cl3N2O. The molecule has 0 bridgehead atoms. The number of amides is 1. The molecule has 2 aliphatic rings. The van der Waals surface area contributed by atoms with Crippen LogP contribution in [0.4, 0.5) is 0 Å². The number of halogens is 3. The van der Waals surface area contributed by atoms with Crippen molar-refractivity contribution in [3.8, 4) is 0 Å². The van der Waals surface area contributed by atoms with Crippen molar-refractivity contribution in [2.24, 2.45) is 5.92 Å². The number of piperidine rings is 1. The molecule has 1 aliphatic carbocycles. The lowest BCUT2D eigenvalue weighted by Crippen LogP contribution is -2.45. The molecule has 1 aliphatic heterocycles. The van der Waals surface area contributed by atoms with Gasteiger partial charge in [0.15, 0.2) is 0 Å². The van der Waals surface area contributed by atoms with E-state index >= 15 is 0 Å². The summed E-state index contributed by atoms with van der Waals surface area (Å²) in [6.45, 7) is 2.83. The first-order valence-corrected chi connectivity index (χ1v) is 8.82. The molecule has 2 fully saturated rings. The zero-order valence-corrected chi connectivity index (χ0v) is 15.4. The Morgan fingerprint density at radius 3 is 2.48 bits per heavy atom. The van der Waals surface area contributed by atoms with Crippen molar-refractivity contribution in [2.75, 3.05) is 19.6 Å². The second-order valence-electron chi connectivity index (χ2n) is 6.42. The van der Waals surface area contributed by atoms with Crippen LogP contribution in [0.25, 0.3) is 0 Å². The van der Waals surface area contributed by atoms with E-state index in [-0.39, 0.29) is 18.3 Å². The maximum atomic E-state index is 12.4. The number of nitrogens with one attached hydrogen (secondary N) is 1. The van der Waals surface area contributed by atoms with Crippen LogP contribution in [0.2, 0.25) is 10.0 Å². The van der Waals surface area contributed by atoms with Gasteiger partial charge in [0, 0.05) is 29.2 Å². The van der Waals surface area contributed by atoms with Crippen molar-refractivity contribution in [1.82, 2.24) is 10.2 Å². The van der Waals surface area contributed by atoms with Gasteiger partial charge in [-0.25, -0.2) is 0 Å². The van der Waals surface area contributed by atoms with E-state index in [1.807, 2.05) is 11.0 Å². The normalized spacial score (nSPS) is 18.6. The van der Waals surface area contributed by atoms with Gasteiger partial charge in [-0.15, -0.1) is 12.4 Å². The maximum Gasteiger partial charge on any atom is 0.227 e. The van der Waals surface area contributed by atoms with Gasteiger partial charge >= 0.3 is 0 Å². The molecule has 23 heavy (non-hydrogen) atoms. The fourth-order valence-corrected chi connectivity index (χ4v) is 3.40. The Morgan fingerprint density at radius 2 is 1.87 bits per heavy atom. The molecule has 3 rings (SSSR count). The standard InChI is InChI=1S/C17H22Cl2N2O.ClH/c18-14-4-3-13(16(19)10-14)9-17(22)21-7-5-15(6-8-21)20-11-12-1-2-12;/h3-4,10,12,15,20H,1-2,5-9,11H2;1H. The highest BCUT2D eigenvalue weighted by Crippen LogP contribution is 2.28. The molecule has 0 atom stereocenters. The third-order valence-electron chi connectivity index (χ3n) is 4.60. The summed E-state index contributed by atoms with van der Waals surface area (Å²) in [5.41, 5.74) is 0.852. The summed E-state index contributed by atoms with van der Waals surface area (Å²) >= 11 is 12.0. The van der Waals surface area contributed by atoms with Gasteiger partial charge in [-0.3, -0.25) is 4.79 Å². The van der Waals surface area contributed by atoms with Gasteiger partial charge in [-0.2, -0.15) is 0 Å². The Hall–Kier alpha value is -0.480. The highest BCUT2D eigenvalue weighted by Gasteiger charge is 2.26. The molecule has 1 aromatic rings. The fraction of sp³-hybridized carbons (Fsp3) is 0.588. The molecule has 1 saturated heterocycles. The van der Waals surface area contributed by atoms with Crippen LogP contribution in [0.1, 0.15) is 31.2 Å². The lowest BCUT2D eigenvalue weighted by atomic mass is 10.0. The number of nitrogens with zero attached hydrogens (tertiary/aromatic N) is 1. The first kappa shape index (κ1) is 18.9. The minimum absolute atomic E-state index is 0. The van der Waals surface area contributed by atoms with Gasteiger partial charge in [0.25, 0.3) is 0 Å². The van der Waals surface area contributed by atoms with Crippen molar-refractivity contribution < 1.29 is 4.79 Å². The summed E-state index contributed by atoms with van der Waals surface area (Å²) in [5, 5.41) is 4.81. The molecule has 1 saturated carbocycles. The lowest BCUT2D eigenvalue weighted by molar-refractivity contribution is -0.131. The van der Waals surface area contributed by atoms with Crippen LogP contribution < -0.4 is 5.32 Å². The summed E-state index contributed by atoms with van der Waals surface area (Å²) in [6.07, 6.45) is 5.22. The van der Waals surface area contributed by atoms with Gasteiger partial charge < -0.3 is 10.2 Å². The zero-order valence-electron chi connectivity index (χ0n) is 13.1. The highest BCUT2D eigenvalue weighted by atomic mass is 35.5. The van der Waals surface area contributed by atoms with Gasteiger partial charge in [0.1, 0.15) is 0 Å². The molecule has 1 heterocycles. The average Bonchev–Trinajstić information content (AvgIpc) is 3.33. The number of carbonyl (C=O) groups is 1. The van der Waals surface area contributed by atoms with Gasteiger partial charge in [-0.1, -0.05) is 29.3 Å². The number of hydrogen-bond donors (Lipinski definition) is 1. The Balaban J connectivity index is 0.00000192. The van der Waals surface area contributed by atoms with Crippen LogP contribution in [0, 0.1) is 5.92 Å². The quantitative estimate of drug-likeness (QED) is 0.842. The van der Waals surface area contributed by atoms with Gasteiger partial charge in [0.2, 0.25) is 5.91 Å². The van der Waals surface area contributed by atoms with Crippen molar-refractivity contribution in [1.29, 1.82) is 0 Å². The van der Waals surface area contributed by atoms with Crippen LogP contribution >= 0.6 is 35.6 Å². The smallest absolute Gasteiger partial charge is 0.227 e. The third-order valence-corrected chi connectivity index (χ3v) is 5.18. The van der Waals surface area contributed by atoms with Crippen LogP contribution in [-0.2, 0) is 11.2 Å². The van der Waals surface area contributed by atoms with E-state index in [1.54, 1.807) is 12.1 Å². The molecule has 128 valence electrons. The summed E-state index contributed by atoms with van der Waals surface area (Å²) < 4.78 is 0. The Morgan fingerprint density at radius 1 is 1.17 bits per heavy atom. The topological polar surface area (TPSA) is 32.3 Å². The highest BCUT2D eigenvalue weighted by molar-refractivity contribution is 6.35. The molecule has 0 unspecified atom stereocenters. The Labute approximate surface area is 154 Å². The maximum absolute atomic E-state index is 12.4. The predicted molar refractivity (Wildman–Crippen MR) is 97.7 cm³/mol. The number of likely N-dealkylation sites (tertiary alicyclic amines) is 1. The van der Waals surface area contributed by atoms with E-state index < -0.39 is 0 Å². The number of rotatable bonds is 5. The van der Waals surface area contributed by atoms with Crippen LogP contribution in [0.3, 0.4) is 0 Å². The number of carbonyl (C=O) groups excluding carboxylic acids is 1. The van der Waals surface area contributed by atoms with Gasteiger partial charge in [0.05, 0.1) is 6.42 Å². The predicted octanol–water partition coefficient (Wildman–Crippen LogP) is 3.95. The van der Waals surface area contributed by atoms with Crippen molar-refractivity contribution >= 4 is 41.5 Å². The molecule has 1 aromatic carbocycles. The Kier molecular flexibility index (Phi) is 7.02. The summed E-state index contributed by atoms with van der Waals surface area (Å²) in [4.78, 5) is 14.4. The molecule has 1 N–H and O–H groups in total. The third kappa shape index (κ3) is 5.53. The number of benzene rings is 1. The van der Waals surface area contributed by atoms with Crippen molar-refractivity contribution in [3.05, 3.63) is 33.8 Å². The van der Waals surface area contributed by atoms with E-state index in [4.69, 9.17) is 23.2 Å². The molecule has 6 heteroatoms. The first-order chi connectivity index (χ1) is 10.6. The zero-order chi connectivity index (χ0) is 15.5. The fourth-order valence-electron chi connectivity index (χ4n) is 2.93. The van der Waals surface area contributed by atoms with Crippen molar-refractivity contribution in [2.45, 2.75) is 38.1 Å². The first-order valence-electron chi connectivity index (χ1n) is 8.07. The van der Waals surface area contributed by atoms with E-state index in [2.05, 4.69) is 5.32 Å². The van der Waals surface area contributed by atoms with Crippen LogP contribution in [0.15, 0.2) is 18.2 Å². The van der Waals surface area contributed by atoms with Crippen LogP contribution in [-0.4, -0.2) is 36.5 Å². The van der Waals surface area contributed by atoms with E-state index in [9.17, 15) is 4.79 Å². The molecule has 3 nitrogen and oxygen atoms in total. The van der Waals surface area contributed by atoms with E-state index in [0.717, 1.165) is 44.0 Å². The lowest BCUT2D eigenvalue weighted by Gasteiger charge is -2.32. The molecule has 0 radical (unpaired) electrons. The molecular weight excluding hydrogens is 355 g/mol. The van der Waals surface area contributed by atoms with Gasteiger partial charge in [-0.05, 0) is 55.8 Å². The largest absolute Gasteiger partial charge is 0.342 e. The summed E-state index contributed by atoms with van der Waals surface area (Å²) in [6, 6.07) is 5.89. The summed E-state index contributed by atoms with van der Waals surface area (Å²) in [7, 11) is 0. The molecule has 0 aromatic heterocycles. The minimum Gasteiger partial charge on any atom is -0.342 e. The van der Waals surface area contributed by atoms with E-state index in [0.29, 0.717) is 22.5 Å². The molecule has 0 spiro atoms. The SMILES string of the molecule is Cl.O=C(Cc1ccc(Cl)cc1Cl)N1CCC(NCC2CC2)CC1. The summed E-state index contributed by atoms with van der Waals surface area (Å²) in [5.74, 6) is 1.07. The van der Waals surface area contributed by atoms with E-state index in [1.165, 1.54) is 12.8 Å². The second-order valence-corrected chi connectivity index (χ2v) is 7.26. The second kappa shape index (κ2) is 8.57. The molecule has 1 amide bonds. The number of hydrogen-bond acceptors (Lipinski definition) is 2. The van der Waals surface area contributed by atoms with Crippen molar-refractivity contribution in [3.63, 3.8) is 0 Å². The minimum atomic E-state index is 0.